The van der Waals surface area contributed by atoms with E-state index in [2.05, 4.69) is 0 Å². The maximum Gasteiger partial charge on any atom is 0.127 e. The molecule has 0 aliphatic rings. The van der Waals surface area contributed by atoms with Gasteiger partial charge in [0.25, 0.3) is 0 Å². The van der Waals surface area contributed by atoms with Crippen molar-refractivity contribution in [2.45, 2.75) is 0 Å². The molecule has 0 atom stereocenters. The standard InChI is InChI=1S/C12H10O.H3N/c1-3-7-11(8-4-1)13-12-9-5-2-6-10-12;/h1-10H;1H3/p+1. The van der Waals surface area contributed by atoms with E-state index in [-0.39, 0.29) is 6.15 Å². The molecule has 4 N–H and O–H groups in total. The Labute approximate surface area is 83.7 Å². The van der Waals surface area contributed by atoms with Crippen LogP contribution in [0.4, 0.5) is 0 Å². The molecule has 2 nitrogen and oxygen atoms in total. The van der Waals surface area contributed by atoms with Gasteiger partial charge in [-0.2, -0.15) is 0 Å². The van der Waals surface area contributed by atoms with E-state index in [9.17, 15) is 0 Å². The SMILES string of the molecule is [NH4+].c1ccc(Oc2ccccc2)cc1. The van der Waals surface area contributed by atoms with Gasteiger partial charge in [0.05, 0.1) is 0 Å². The predicted octanol–water partition coefficient (Wildman–Crippen LogP) is 3.86. The van der Waals surface area contributed by atoms with Gasteiger partial charge in [-0.1, -0.05) is 36.4 Å². The summed E-state index contributed by atoms with van der Waals surface area (Å²) >= 11 is 0. The first kappa shape index (κ1) is 10.3. The van der Waals surface area contributed by atoms with Gasteiger partial charge in [-0.05, 0) is 24.3 Å². The van der Waals surface area contributed by atoms with Crippen LogP contribution in [0.1, 0.15) is 0 Å². The van der Waals surface area contributed by atoms with Gasteiger partial charge in [0, 0.05) is 0 Å². The number of rotatable bonds is 2. The summed E-state index contributed by atoms with van der Waals surface area (Å²) in [5.74, 6) is 1.74. The van der Waals surface area contributed by atoms with Crippen molar-refractivity contribution >= 4 is 0 Å². The fourth-order valence-electron chi connectivity index (χ4n) is 1.11. The van der Waals surface area contributed by atoms with Crippen LogP contribution >= 0.6 is 0 Å². The second kappa shape index (κ2) is 5.04. The highest BCUT2D eigenvalue weighted by Crippen LogP contribution is 2.19. The predicted molar refractivity (Wildman–Crippen MR) is 58.9 cm³/mol. The van der Waals surface area contributed by atoms with Crippen molar-refractivity contribution in [3.05, 3.63) is 60.7 Å². The second-order valence-corrected chi connectivity index (χ2v) is 2.73. The summed E-state index contributed by atoms with van der Waals surface area (Å²) in [4.78, 5) is 0. The first-order valence-corrected chi connectivity index (χ1v) is 4.23. The number of ether oxygens (including phenoxy) is 1. The fourth-order valence-corrected chi connectivity index (χ4v) is 1.11. The summed E-state index contributed by atoms with van der Waals surface area (Å²) in [7, 11) is 0. The van der Waals surface area contributed by atoms with E-state index < -0.39 is 0 Å². The molecule has 0 amide bonds. The van der Waals surface area contributed by atoms with Crippen LogP contribution in [0.3, 0.4) is 0 Å². The normalized spacial score (nSPS) is 8.86. The van der Waals surface area contributed by atoms with Crippen molar-refractivity contribution in [1.29, 1.82) is 0 Å². The minimum Gasteiger partial charge on any atom is -0.457 e. The van der Waals surface area contributed by atoms with Gasteiger partial charge in [0.15, 0.2) is 0 Å². The van der Waals surface area contributed by atoms with Gasteiger partial charge in [0.2, 0.25) is 0 Å². The van der Waals surface area contributed by atoms with E-state index in [0.717, 1.165) is 11.5 Å². The maximum absolute atomic E-state index is 5.58. The summed E-state index contributed by atoms with van der Waals surface area (Å²) in [5, 5.41) is 0. The third-order valence-corrected chi connectivity index (χ3v) is 1.72. The molecule has 0 radical (unpaired) electrons. The van der Waals surface area contributed by atoms with E-state index in [0.29, 0.717) is 0 Å². The molecule has 72 valence electrons. The third kappa shape index (κ3) is 2.61. The Morgan fingerprint density at radius 1 is 0.571 bits per heavy atom. The lowest BCUT2D eigenvalue weighted by atomic mass is 10.3. The zero-order chi connectivity index (χ0) is 8.93. The molecule has 2 heteroatoms. The Hall–Kier alpha value is -1.80. The zero-order valence-electron chi connectivity index (χ0n) is 8.18. The van der Waals surface area contributed by atoms with Crippen molar-refractivity contribution < 1.29 is 4.74 Å². The molecule has 0 spiro atoms. The van der Waals surface area contributed by atoms with Gasteiger partial charge in [0.1, 0.15) is 11.5 Å². The molecular weight excluding hydrogens is 174 g/mol. The second-order valence-electron chi connectivity index (χ2n) is 2.73. The van der Waals surface area contributed by atoms with Gasteiger partial charge >= 0.3 is 0 Å². The van der Waals surface area contributed by atoms with Crippen molar-refractivity contribution in [2.75, 3.05) is 0 Å². The number of para-hydroxylation sites is 2. The number of hydrogen-bond acceptors (Lipinski definition) is 1. The highest BCUT2D eigenvalue weighted by atomic mass is 16.5. The Morgan fingerprint density at radius 3 is 1.29 bits per heavy atom. The molecule has 0 saturated carbocycles. The third-order valence-electron chi connectivity index (χ3n) is 1.72. The summed E-state index contributed by atoms with van der Waals surface area (Å²) < 4.78 is 5.58. The molecule has 2 aromatic carbocycles. The van der Waals surface area contributed by atoms with Crippen molar-refractivity contribution in [3.63, 3.8) is 0 Å². The van der Waals surface area contributed by atoms with Gasteiger partial charge in [-0.3, -0.25) is 0 Å². The topological polar surface area (TPSA) is 45.7 Å². The molecule has 0 saturated heterocycles. The molecule has 0 aromatic heterocycles. The molecule has 0 aliphatic carbocycles. The fraction of sp³-hybridized carbons (Fsp3) is 0. The molecule has 0 heterocycles. The van der Waals surface area contributed by atoms with Crippen molar-refractivity contribution in [3.8, 4) is 11.5 Å². The largest absolute Gasteiger partial charge is 0.457 e. The van der Waals surface area contributed by atoms with Crippen LogP contribution in [0, 0.1) is 0 Å². The van der Waals surface area contributed by atoms with Gasteiger partial charge in [-0.25, -0.2) is 0 Å². The summed E-state index contributed by atoms with van der Waals surface area (Å²) in [6.45, 7) is 0. The quantitative estimate of drug-likeness (QED) is 0.764. The van der Waals surface area contributed by atoms with Gasteiger partial charge in [-0.15, -0.1) is 0 Å². The van der Waals surface area contributed by atoms with Crippen LogP contribution < -0.4 is 10.9 Å². The van der Waals surface area contributed by atoms with Crippen molar-refractivity contribution in [1.82, 2.24) is 6.15 Å². The summed E-state index contributed by atoms with van der Waals surface area (Å²) in [6, 6.07) is 19.5. The average molecular weight is 188 g/mol. The average Bonchev–Trinajstić information content (AvgIpc) is 2.21. The summed E-state index contributed by atoms with van der Waals surface area (Å²) in [6.07, 6.45) is 0. The highest BCUT2D eigenvalue weighted by molar-refractivity contribution is 5.30. The van der Waals surface area contributed by atoms with Crippen molar-refractivity contribution in [2.24, 2.45) is 0 Å². The molecule has 2 rings (SSSR count). The van der Waals surface area contributed by atoms with E-state index in [1.165, 1.54) is 0 Å². The first-order valence-electron chi connectivity index (χ1n) is 4.23. The van der Waals surface area contributed by atoms with Crippen LogP contribution in [0.15, 0.2) is 60.7 Å². The first-order chi connectivity index (χ1) is 6.45. The van der Waals surface area contributed by atoms with E-state index in [4.69, 9.17) is 4.74 Å². The number of hydrogen-bond donors (Lipinski definition) is 1. The van der Waals surface area contributed by atoms with Crippen LogP contribution in [-0.4, -0.2) is 0 Å². The molecule has 2 aromatic rings. The minimum atomic E-state index is 0. The van der Waals surface area contributed by atoms with Crippen LogP contribution in [-0.2, 0) is 0 Å². The monoisotopic (exact) mass is 188 g/mol. The molecule has 0 aliphatic heterocycles. The van der Waals surface area contributed by atoms with Gasteiger partial charge < -0.3 is 10.9 Å². The molecule has 0 unspecified atom stereocenters. The molecule has 0 fully saturated rings. The van der Waals surface area contributed by atoms with Crippen LogP contribution in [0.2, 0.25) is 0 Å². The Morgan fingerprint density at radius 2 is 0.929 bits per heavy atom. The zero-order valence-corrected chi connectivity index (χ0v) is 8.18. The lowest BCUT2D eigenvalue weighted by Gasteiger charge is -2.03. The molecular formula is C12H14NO+. The Bertz CT molecular complexity index is 321. The van der Waals surface area contributed by atoms with E-state index >= 15 is 0 Å². The smallest absolute Gasteiger partial charge is 0.127 e. The van der Waals surface area contributed by atoms with Crippen LogP contribution in [0.5, 0.6) is 11.5 Å². The molecule has 14 heavy (non-hydrogen) atoms. The molecule has 0 bridgehead atoms. The maximum atomic E-state index is 5.58. The lowest BCUT2D eigenvalue weighted by Crippen LogP contribution is -1.81. The number of benzene rings is 2. The summed E-state index contributed by atoms with van der Waals surface area (Å²) in [5.41, 5.74) is 0. The van der Waals surface area contributed by atoms with E-state index in [1.807, 2.05) is 60.7 Å². The minimum absolute atomic E-state index is 0. The Kier molecular flexibility index (Phi) is 3.70. The Balaban J connectivity index is 0.000000980. The number of quaternary nitrogens is 1. The lowest BCUT2D eigenvalue weighted by molar-refractivity contribution is 0.482. The van der Waals surface area contributed by atoms with E-state index in [1.54, 1.807) is 0 Å². The highest BCUT2D eigenvalue weighted by Gasteiger charge is 1.92. The van der Waals surface area contributed by atoms with Crippen LogP contribution in [0.25, 0.3) is 0 Å².